The van der Waals surface area contributed by atoms with Gasteiger partial charge in [0.05, 0.1) is 11.0 Å². The van der Waals surface area contributed by atoms with Crippen molar-refractivity contribution in [1.82, 2.24) is 20.3 Å². The van der Waals surface area contributed by atoms with Gasteiger partial charge in [0.2, 0.25) is 11.8 Å². The normalized spacial score (nSPS) is 10.9. The van der Waals surface area contributed by atoms with Crippen molar-refractivity contribution < 1.29 is 9.53 Å². The van der Waals surface area contributed by atoms with Crippen molar-refractivity contribution in [2.75, 3.05) is 0 Å². The lowest BCUT2D eigenvalue weighted by atomic mass is 10.1. The second kappa shape index (κ2) is 9.43. The van der Waals surface area contributed by atoms with Gasteiger partial charge in [-0.25, -0.2) is 9.97 Å². The van der Waals surface area contributed by atoms with Crippen LogP contribution in [0.5, 0.6) is 11.6 Å². The van der Waals surface area contributed by atoms with E-state index in [-0.39, 0.29) is 5.91 Å². The number of carbonyl (C=O) groups excluding carboxylic acids is 1. The van der Waals surface area contributed by atoms with E-state index in [0.29, 0.717) is 18.8 Å². The number of ether oxygens (including phenoxy) is 1. The fourth-order valence-corrected chi connectivity index (χ4v) is 3.34. The van der Waals surface area contributed by atoms with Crippen LogP contribution in [0.1, 0.15) is 35.4 Å². The summed E-state index contributed by atoms with van der Waals surface area (Å²) < 4.78 is 5.88. The summed E-state index contributed by atoms with van der Waals surface area (Å²) in [6, 6.07) is 17.8. The first-order valence-corrected chi connectivity index (χ1v) is 10.5. The number of amides is 1. The molecule has 158 valence electrons. The minimum atomic E-state index is 0.0202. The lowest BCUT2D eigenvalue weighted by molar-refractivity contribution is -0.121. The van der Waals surface area contributed by atoms with Crippen molar-refractivity contribution in [2.45, 2.75) is 39.7 Å². The summed E-state index contributed by atoms with van der Waals surface area (Å²) in [6.07, 6.45) is 3.67. The molecule has 31 heavy (non-hydrogen) atoms. The predicted molar refractivity (Wildman–Crippen MR) is 121 cm³/mol. The molecule has 4 aromatic rings. The topological polar surface area (TPSA) is 79.9 Å². The summed E-state index contributed by atoms with van der Waals surface area (Å²) in [5.74, 6) is 2.28. The van der Waals surface area contributed by atoms with Gasteiger partial charge in [-0.15, -0.1) is 0 Å². The van der Waals surface area contributed by atoms with Gasteiger partial charge in [0.15, 0.2) is 0 Å². The van der Waals surface area contributed by atoms with Crippen molar-refractivity contribution in [3.8, 4) is 11.6 Å². The zero-order chi connectivity index (χ0) is 21.6. The van der Waals surface area contributed by atoms with Gasteiger partial charge in [-0.2, -0.15) is 0 Å². The number of benzene rings is 2. The second-order valence-electron chi connectivity index (χ2n) is 7.71. The number of aryl methyl sites for hydroxylation is 3. The van der Waals surface area contributed by atoms with Crippen LogP contribution in [0.4, 0.5) is 0 Å². The summed E-state index contributed by atoms with van der Waals surface area (Å²) in [5, 5.41) is 2.95. The van der Waals surface area contributed by atoms with E-state index in [1.807, 2.05) is 62.4 Å². The van der Waals surface area contributed by atoms with Crippen molar-refractivity contribution in [2.24, 2.45) is 0 Å². The molecule has 0 aliphatic heterocycles. The number of aromatic nitrogens is 3. The molecule has 0 radical (unpaired) electrons. The van der Waals surface area contributed by atoms with Crippen LogP contribution < -0.4 is 10.1 Å². The summed E-state index contributed by atoms with van der Waals surface area (Å²) in [7, 11) is 0. The highest BCUT2D eigenvalue weighted by Crippen LogP contribution is 2.24. The van der Waals surface area contributed by atoms with E-state index in [1.54, 1.807) is 6.20 Å². The Labute approximate surface area is 181 Å². The average Bonchev–Trinajstić information content (AvgIpc) is 3.18. The largest absolute Gasteiger partial charge is 0.439 e. The summed E-state index contributed by atoms with van der Waals surface area (Å²) in [5.41, 5.74) is 5.12. The van der Waals surface area contributed by atoms with Gasteiger partial charge in [0.1, 0.15) is 11.6 Å². The molecular weight excluding hydrogens is 388 g/mol. The number of nitrogens with one attached hydrogen (secondary N) is 2. The minimum Gasteiger partial charge on any atom is -0.439 e. The van der Waals surface area contributed by atoms with Crippen LogP contribution in [-0.2, 0) is 17.8 Å². The van der Waals surface area contributed by atoms with Gasteiger partial charge < -0.3 is 15.0 Å². The van der Waals surface area contributed by atoms with Gasteiger partial charge in [-0.05, 0) is 55.2 Å². The standard InChI is InChI=1S/C25H26N4O2/c1-17-10-11-18(2)22(14-17)31-25-13-12-19(16-27-25)15-26-24(30)9-5-8-23-28-20-6-3-4-7-21(20)29-23/h3-4,6-7,10-14,16H,5,8-9,15H2,1-2H3,(H,26,30)(H,28,29). The van der Waals surface area contributed by atoms with E-state index in [2.05, 4.69) is 26.3 Å². The molecular formula is C25H26N4O2. The first-order chi connectivity index (χ1) is 15.1. The third-order valence-electron chi connectivity index (χ3n) is 5.10. The third kappa shape index (κ3) is 5.48. The van der Waals surface area contributed by atoms with Crippen molar-refractivity contribution in [3.05, 3.63) is 83.3 Å². The number of carbonyl (C=O) groups is 1. The molecule has 6 heteroatoms. The summed E-state index contributed by atoms with van der Waals surface area (Å²) >= 11 is 0. The minimum absolute atomic E-state index is 0.0202. The molecule has 0 aliphatic carbocycles. The number of nitrogens with zero attached hydrogens (tertiary/aromatic N) is 2. The molecule has 0 unspecified atom stereocenters. The molecule has 0 saturated heterocycles. The smallest absolute Gasteiger partial charge is 0.220 e. The molecule has 6 nitrogen and oxygen atoms in total. The number of hydrogen-bond acceptors (Lipinski definition) is 4. The Balaban J connectivity index is 1.22. The van der Waals surface area contributed by atoms with Crippen molar-refractivity contribution in [1.29, 1.82) is 0 Å². The van der Waals surface area contributed by atoms with Crippen molar-refractivity contribution >= 4 is 16.9 Å². The molecule has 2 aromatic heterocycles. The Bertz CT molecular complexity index is 1150. The number of rotatable bonds is 8. The third-order valence-corrected chi connectivity index (χ3v) is 5.10. The maximum atomic E-state index is 12.2. The van der Waals surface area contributed by atoms with Crippen LogP contribution in [-0.4, -0.2) is 20.9 Å². The molecule has 2 heterocycles. The van der Waals surface area contributed by atoms with Crippen LogP contribution in [0.15, 0.2) is 60.8 Å². The van der Waals surface area contributed by atoms with Crippen LogP contribution >= 0.6 is 0 Å². The highest BCUT2D eigenvalue weighted by molar-refractivity contribution is 5.76. The number of H-pyrrole nitrogens is 1. The molecule has 0 spiro atoms. The van der Waals surface area contributed by atoms with E-state index in [4.69, 9.17) is 4.74 Å². The zero-order valence-electron chi connectivity index (χ0n) is 17.8. The maximum Gasteiger partial charge on any atom is 0.220 e. The monoisotopic (exact) mass is 414 g/mol. The van der Waals surface area contributed by atoms with E-state index in [9.17, 15) is 4.79 Å². The molecule has 0 bridgehead atoms. The van der Waals surface area contributed by atoms with Crippen LogP contribution in [0.3, 0.4) is 0 Å². The molecule has 4 rings (SSSR count). The summed E-state index contributed by atoms with van der Waals surface area (Å²) in [6.45, 7) is 4.48. The quantitative estimate of drug-likeness (QED) is 0.425. The second-order valence-corrected chi connectivity index (χ2v) is 7.71. The molecule has 0 aliphatic rings. The Morgan fingerprint density at radius 1 is 1.10 bits per heavy atom. The van der Waals surface area contributed by atoms with Gasteiger partial charge in [0, 0.05) is 31.6 Å². The summed E-state index contributed by atoms with van der Waals surface area (Å²) in [4.78, 5) is 24.4. The highest BCUT2D eigenvalue weighted by Gasteiger charge is 2.07. The van der Waals surface area contributed by atoms with E-state index < -0.39 is 0 Å². The van der Waals surface area contributed by atoms with Crippen LogP contribution in [0, 0.1) is 13.8 Å². The maximum absolute atomic E-state index is 12.2. The fourth-order valence-electron chi connectivity index (χ4n) is 3.34. The van der Waals surface area contributed by atoms with Gasteiger partial charge in [-0.1, -0.05) is 30.3 Å². The molecule has 0 fully saturated rings. The first-order valence-electron chi connectivity index (χ1n) is 10.5. The SMILES string of the molecule is Cc1ccc(C)c(Oc2ccc(CNC(=O)CCCc3nc4ccccc4[nH]3)cn2)c1. The lowest BCUT2D eigenvalue weighted by Gasteiger charge is -2.09. The van der Waals surface area contributed by atoms with Crippen LogP contribution in [0.2, 0.25) is 0 Å². The van der Waals surface area contributed by atoms with E-state index in [0.717, 1.165) is 52.1 Å². The Morgan fingerprint density at radius 2 is 1.97 bits per heavy atom. The number of aromatic amines is 1. The molecule has 1 amide bonds. The number of pyridine rings is 1. The Morgan fingerprint density at radius 3 is 2.77 bits per heavy atom. The van der Waals surface area contributed by atoms with E-state index in [1.165, 1.54) is 0 Å². The zero-order valence-corrected chi connectivity index (χ0v) is 17.8. The molecule has 2 N–H and O–H groups in total. The number of imidazole rings is 1. The molecule has 0 saturated carbocycles. The van der Waals surface area contributed by atoms with Gasteiger partial charge >= 0.3 is 0 Å². The lowest BCUT2D eigenvalue weighted by Crippen LogP contribution is -2.22. The highest BCUT2D eigenvalue weighted by atomic mass is 16.5. The van der Waals surface area contributed by atoms with Crippen molar-refractivity contribution in [3.63, 3.8) is 0 Å². The van der Waals surface area contributed by atoms with Gasteiger partial charge in [0.25, 0.3) is 0 Å². The Hall–Kier alpha value is -3.67. The molecule has 2 aromatic carbocycles. The van der Waals surface area contributed by atoms with Gasteiger partial charge in [-0.3, -0.25) is 4.79 Å². The van der Waals surface area contributed by atoms with E-state index >= 15 is 0 Å². The number of hydrogen-bond donors (Lipinski definition) is 2. The average molecular weight is 415 g/mol. The first kappa shape index (κ1) is 20.6. The number of fused-ring (bicyclic) bond motifs is 1. The number of para-hydroxylation sites is 2. The molecule has 0 atom stereocenters. The fraction of sp³-hybridized carbons (Fsp3) is 0.240. The predicted octanol–water partition coefficient (Wildman–Crippen LogP) is 5.01. The van der Waals surface area contributed by atoms with Crippen LogP contribution in [0.25, 0.3) is 11.0 Å². The Kier molecular flexibility index (Phi) is 6.26.